The lowest BCUT2D eigenvalue weighted by atomic mass is 10.1. The smallest absolute Gasteiger partial charge is 0.366 e. The molecule has 1 aliphatic heterocycles. The maximum Gasteiger partial charge on any atom is 0.471 e. The number of anilines is 2. The topological polar surface area (TPSA) is 79.5 Å². The molecular formula is C18H15F3N4O3. The highest BCUT2D eigenvalue weighted by Crippen LogP contribution is 2.30. The molecule has 0 bridgehead atoms. The van der Waals surface area contributed by atoms with Crippen molar-refractivity contribution in [3.63, 3.8) is 0 Å². The number of hydrogen-bond acceptors (Lipinski definition) is 7. The molecule has 0 aliphatic carbocycles. The molecule has 28 heavy (non-hydrogen) atoms. The lowest BCUT2D eigenvalue weighted by Gasteiger charge is -2.36. The Morgan fingerprint density at radius 2 is 1.82 bits per heavy atom. The van der Waals surface area contributed by atoms with E-state index in [1.54, 1.807) is 36.2 Å². The van der Waals surface area contributed by atoms with Gasteiger partial charge in [-0.2, -0.15) is 18.2 Å². The normalized spacial score (nSPS) is 14.4. The third-order valence-corrected chi connectivity index (χ3v) is 4.72. The summed E-state index contributed by atoms with van der Waals surface area (Å²) in [6.07, 6.45) is -3.70. The van der Waals surface area contributed by atoms with Crippen LogP contribution in [-0.4, -0.2) is 30.3 Å². The summed E-state index contributed by atoms with van der Waals surface area (Å²) < 4.78 is 41.9. The van der Waals surface area contributed by atoms with Crippen molar-refractivity contribution in [3.8, 4) is 11.4 Å². The van der Waals surface area contributed by atoms with E-state index < -0.39 is 22.9 Å². The predicted molar refractivity (Wildman–Crippen MR) is 95.0 cm³/mol. The maximum atomic E-state index is 12.6. The van der Waals surface area contributed by atoms with Crippen LogP contribution in [0.5, 0.6) is 0 Å². The average Bonchev–Trinajstić information content (AvgIpc) is 3.10. The summed E-state index contributed by atoms with van der Waals surface area (Å²) in [6.45, 7) is 1.90. The second-order valence-electron chi connectivity index (χ2n) is 6.67. The van der Waals surface area contributed by atoms with E-state index in [9.17, 15) is 22.8 Å². The fraction of sp³-hybridized carbons (Fsp3) is 0.333. The van der Waals surface area contributed by atoms with E-state index in [1.165, 1.54) is 0 Å². The Bertz CT molecular complexity index is 1080. The van der Waals surface area contributed by atoms with E-state index in [-0.39, 0.29) is 5.82 Å². The molecule has 3 aromatic rings. The van der Waals surface area contributed by atoms with Gasteiger partial charge < -0.3 is 14.3 Å². The number of rotatable bonds is 5. The van der Waals surface area contributed by atoms with Crippen LogP contribution >= 0.6 is 0 Å². The van der Waals surface area contributed by atoms with Gasteiger partial charge in [-0.3, -0.25) is 9.59 Å². The van der Waals surface area contributed by atoms with Crippen LogP contribution in [0.25, 0.3) is 11.4 Å². The predicted octanol–water partition coefficient (Wildman–Crippen LogP) is 2.20. The number of alkyl halides is 3. The van der Waals surface area contributed by atoms with Gasteiger partial charge >= 0.3 is 12.1 Å². The number of hydrogen-bond donors (Lipinski definition) is 0. The van der Waals surface area contributed by atoms with Crippen molar-refractivity contribution in [1.82, 2.24) is 10.1 Å². The zero-order valence-corrected chi connectivity index (χ0v) is 14.8. The Kier molecular flexibility index (Phi) is 4.20. The molecule has 146 valence electrons. The molecule has 2 heterocycles. The quantitative estimate of drug-likeness (QED) is 0.616. The molecule has 0 N–H and O–H groups in total. The summed E-state index contributed by atoms with van der Waals surface area (Å²) in [5.41, 5.74) is 1.13. The Labute approximate surface area is 156 Å². The molecule has 1 saturated heterocycles. The maximum absolute atomic E-state index is 12.6. The average molecular weight is 392 g/mol. The molecule has 7 nitrogen and oxygen atoms in total. The standard InChI is InChI=1S/C18H15F3N4O3/c1-24(12-13(15(27)14(12)26)25-7-2-8-25)9-10-3-5-11(6-4-10)16-22-17(28-23-16)18(19,20)21/h3-6H,2,7-9H2,1H3. The van der Waals surface area contributed by atoms with Gasteiger partial charge in [0.2, 0.25) is 5.82 Å². The minimum atomic E-state index is -4.69. The van der Waals surface area contributed by atoms with E-state index in [0.717, 1.165) is 25.1 Å². The molecule has 2 aromatic carbocycles. The van der Waals surface area contributed by atoms with Gasteiger partial charge in [0.1, 0.15) is 11.4 Å². The van der Waals surface area contributed by atoms with Crippen molar-refractivity contribution in [2.24, 2.45) is 0 Å². The molecule has 1 aromatic heterocycles. The molecule has 0 radical (unpaired) electrons. The first kappa shape index (κ1) is 18.2. The first-order valence-electron chi connectivity index (χ1n) is 8.55. The third kappa shape index (κ3) is 3.04. The van der Waals surface area contributed by atoms with Crippen LogP contribution in [-0.2, 0) is 12.7 Å². The van der Waals surface area contributed by atoms with E-state index >= 15 is 0 Å². The highest BCUT2D eigenvalue weighted by molar-refractivity contribution is 5.76. The van der Waals surface area contributed by atoms with Crippen molar-refractivity contribution in [3.05, 3.63) is 56.2 Å². The Morgan fingerprint density at radius 3 is 2.36 bits per heavy atom. The van der Waals surface area contributed by atoms with E-state index in [0.29, 0.717) is 23.5 Å². The zero-order chi connectivity index (χ0) is 20.1. The second-order valence-corrected chi connectivity index (χ2v) is 6.67. The molecule has 1 fully saturated rings. The fourth-order valence-electron chi connectivity index (χ4n) is 3.12. The van der Waals surface area contributed by atoms with Crippen molar-refractivity contribution in [2.45, 2.75) is 19.1 Å². The van der Waals surface area contributed by atoms with Crippen LogP contribution < -0.4 is 20.7 Å². The highest BCUT2D eigenvalue weighted by atomic mass is 19.4. The lowest BCUT2D eigenvalue weighted by Crippen LogP contribution is -2.49. The van der Waals surface area contributed by atoms with Crippen molar-refractivity contribution in [1.29, 1.82) is 0 Å². The van der Waals surface area contributed by atoms with Gasteiger partial charge in [0.05, 0.1) is 0 Å². The molecule has 0 unspecified atom stereocenters. The summed E-state index contributed by atoms with van der Waals surface area (Å²) in [4.78, 5) is 30.8. The Hall–Kier alpha value is -3.17. The van der Waals surface area contributed by atoms with Crippen LogP contribution in [0.3, 0.4) is 0 Å². The summed E-state index contributed by atoms with van der Waals surface area (Å²) >= 11 is 0. The largest absolute Gasteiger partial charge is 0.471 e. The fourth-order valence-corrected chi connectivity index (χ4v) is 3.12. The van der Waals surface area contributed by atoms with Gasteiger partial charge in [-0.05, 0) is 12.0 Å². The zero-order valence-electron chi connectivity index (χ0n) is 14.8. The number of halogens is 3. The molecule has 10 heteroatoms. The van der Waals surface area contributed by atoms with E-state index in [1.807, 2.05) is 4.90 Å². The third-order valence-electron chi connectivity index (χ3n) is 4.72. The van der Waals surface area contributed by atoms with Gasteiger partial charge in [-0.25, -0.2) is 0 Å². The van der Waals surface area contributed by atoms with Crippen LogP contribution in [0.1, 0.15) is 17.9 Å². The summed E-state index contributed by atoms with van der Waals surface area (Å²) in [6, 6.07) is 6.55. The Balaban J connectivity index is 1.49. The van der Waals surface area contributed by atoms with Gasteiger partial charge in [0, 0.05) is 32.2 Å². The van der Waals surface area contributed by atoms with Crippen molar-refractivity contribution < 1.29 is 17.7 Å². The van der Waals surface area contributed by atoms with Crippen LogP contribution in [0, 0.1) is 0 Å². The molecule has 1 aliphatic rings. The van der Waals surface area contributed by atoms with E-state index in [4.69, 9.17) is 0 Å². The Morgan fingerprint density at radius 1 is 1.14 bits per heavy atom. The summed E-state index contributed by atoms with van der Waals surface area (Å²) in [5, 5.41) is 3.35. The van der Waals surface area contributed by atoms with Gasteiger partial charge in [-0.15, -0.1) is 0 Å². The second kappa shape index (κ2) is 6.47. The molecule has 0 amide bonds. The summed E-state index contributed by atoms with van der Waals surface area (Å²) in [5.74, 6) is -1.56. The minimum absolute atomic E-state index is 0.158. The molecule has 0 saturated carbocycles. The molecule has 4 rings (SSSR count). The van der Waals surface area contributed by atoms with Gasteiger partial charge in [-0.1, -0.05) is 29.4 Å². The van der Waals surface area contributed by atoms with Crippen molar-refractivity contribution >= 4 is 11.4 Å². The molecule has 0 atom stereocenters. The number of benzene rings is 1. The van der Waals surface area contributed by atoms with Crippen LogP contribution in [0.2, 0.25) is 0 Å². The minimum Gasteiger partial charge on any atom is -0.366 e. The van der Waals surface area contributed by atoms with Crippen LogP contribution in [0.15, 0.2) is 38.4 Å². The SMILES string of the molecule is CN(Cc1ccc(-c2noc(C(F)(F)F)n2)cc1)c1c(N2CCC2)c(=O)c1=O. The van der Waals surface area contributed by atoms with Gasteiger partial charge in [0.25, 0.3) is 10.9 Å². The summed E-state index contributed by atoms with van der Waals surface area (Å²) in [7, 11) is 1.72. The van der Waals surface area contributed by atoms with Crippen LogP contribution in [0.4, 0.5) is 24.5 Å². The lowest BCUT2D eigenvalue weighted by molar-refractivity contribution is -0.159. The van der Waals surface area contributed by atoms with Crippen molar-refractivity contribution in [2.75, 3.05) is 29.9 Å². The van der Waals surface area contributed by atoms with Gasteiger partial charge in [0.15, 0.2) is 0 Å². The molecule has 0 spiro atoms. The first-order chi connectivity index (χ1) is 13.3. The number of nitrogens with zero attached hydrogens (tertiary/aromatic N) is 4. The first-order valence-corrected chi connectivity index (χ1v) is 8.55. The number of aromatic nitrogens is 2. The molecular weight excluding hydrogens is 377 g/mol. The monoisotopic (exact) mass is 392 g/mol. The van der Waals surface area contributed by atoms with E-state index in [2.05, 4.69) is 14.7 Å². The highest BCUT2D eigenvalue weighted by Gasteiger charge is 2.38.